The minimum absolute atomic E-state index is 0. The molecule has 1 rings (SSSR count). The van der Waals surface area contributed by atoms with Crippen molar-refractivity contribution >= 4 is 18.3 Å². The molecule has 0 heterocycles. The topological polar surface area (TPSA) is 50.4 Å². The minimum Gasteiger partial charge on any atom is -0.491 e. The summed E-state index contributed by atoms with van der Waals surface area (Å²) in [6, 6.07) is 7.90. The van der Waals surface area contributed by atoms with Crippen molar-refractivity contribution < 1.29 is 9.53 Å². The third kappa shape index (κ3) is 7.93. The van der Waals surface area contributed by atoms with Crippen LogP contribution in [0.3, 0.4) is 0 Å². The molecule has 0 radical (unpaired) electrons. The molecule has 0 aromatic heterocycles. The summed E-state index contributed by atoms with van der Waals surface area (Å²) in [5, 5.41) is 6.04. The molecule has 1 aromatic carbocycles. The molecule has 2 N–H and O–H groups in total. The highest BCUT2D eigenvalue weighted by Gasteiger charge is 2.09. The highest BCUT2D eigenvalue weighted by molar-refractivity contribution is 5.85. The Bertz CT molecular complexity index is 407. The van der Waals surface area contributed by atoms with Crippen LogP contribution in [0.1, 0.15) is 45.2 Å². The second-order valence-electron chi connectivity index (χ2n) is 5.23. The number of carbonyl (C=O) groups is 1. The van der Waals surface area contributed by atoms with Gasteiger partial charge in [0.25, 0.3) is 0 Å². The molecule has 5 heteroatoms. The van der Waals surface area contributed by atoms with Crippen LogP contribution in [0.15, 0.2) is 24.3 Å². The Labute approximate surface area is 134 Å². The first kappa shape index (κ1) is 19.7. The van der Waals surface area contributed by atoms with E-state index < -0.39 is 0 Å². The van der Waals surface area contributed by atoms with Crippen molar-refractivity contribution in [3.05, 3.63) is 29.8 Å². The molecule has 21 heavy (non-hydrogen) atoms. The van der Waals surface area contributed by atoms with Crippen molar-refractivity contribution in [1.29, 1.82) is 0 Å². The summed E-state index contributed by atoms with van der Waals surface area (Å²) in [4.78, 5) is 11.8. The van der Waals surface area contributed by atoms with Crippen LogP contribution in [-0.4, -0.2) is 25.6 Å². The van der Waals surface area contributed by atoms with Gasteiger partial charge in [0.15, 0.2) is 0 Å². The zero-order valence-corrected chi connectivity index (χ0v) is 14.1. The van der Waals surface area contributed by atoms with Gasteiger partial charge in [0.2, 0.25) is 5.91 Å². The van der Waals surface area contributed by atoms with Crippen LogP contribution in [0.25, 0.3) is 0 Å². The Hall–Kier alpha value is -1.26. The molecule has 0 aliphatic heterocycles. The normalized spacial score (nSPS) is 11.7. The lowest BCUT2D eigenvalue weighted by Crippen LogP contribution is -2.27. The molecule has 1 atom stereocenters. The zero-order valence-electron chi connectivity index (χ0n) is 13.3. The number of rotatable bonds is 8. The second kappa shape index (κ2) is 10.5. The van der Waals surface area contributed by atoms with Crippen LogP contribution in [0, 0.1) is 0 Å². The maximum absolute atomic E-state index is 11.8. The molecule has 0 aliphatic carbocycles. The van der Waals surface area contributed by atoms with E-state index in [1.54, 1.807) is 0 Å². The number of nitrogens with one attached hydrogen (secondary N) is 2. The predicted molar refractivity (Wildman–Crippen MR) is 89.2 cm³/mol. The van der Waals surface area contributed by atoms with E-state index in [2.05, 4.69) is 10.6 Å². The number of amides is 1. The van der Waals surface area contributed by atoms with Gasteiger partial charge in [-0.1, -0.05) is 12.1 Å². The Balaban J connectivity index is 0.00000400. The molecular formula is C16H27ClN2O2. The summed E-state index contributed by atoms with van der Waals surface area (Å²) in [6.07, 6.45) is 1.58. The number of hydrogen-bond acceptors (Lipinski definition) is 3. The van der Waals surface area contributed by atoms with Crippen LogP contribution in [-0.2, 0) is 4.79 Å². The van der Waals surface area contributed by atoms with Crippen LogP contribution < -0.4 is 15.4 Å². The molecule has 4 nitrogen and oxygen atoms in total. The molecule has 0 fully saturated rings. The number of benzene rings is 1. The van der Waals surface area contributed by atoms with E-state index in [9.17, 15) is 4.79 Å². The van der Waals surface area contributed by atoms with Gasteiger partial charge in [0.1, 0.15) is 5.75 Å². The summed E-state index contributed by atoms with van der Waals surface area (Å²) in [5.74, 6) is 0.951. The van der Waals surface area contributed by atoms with Gasteiger partial charge in [0, 0.05) is 6.42 Å². The smallest absolute Gasteiger partial charge is 0.220 e. The van der Waals surface area contributed by atoms with Gasteiger partial charge in [-0.25, -0.2) is 0 Å². The van der Waals surface area contributed by atoms with Gasteiger partial charge in [0.05, 0.1) is 12.1 Å². The third-order valence-electron chi connectivity index (χ3n) is 2.96. The van der Waals surface area contributed by atoms with E-state index in [0.717, 1.165) is 24.3 Å². The average molecular weight is 315 g/mol. The Kier molecular flexibility index (Phi) is 9.84. The van der Waals surface area contributed by atoms with E-state index in [1.807, 2.05) is 52.1 Å². The van der Waals surface area contributed by atoms with Gasteiger partial charge in [-0.05, 0) is 58.5 Å². The Morgan fingerprint density at radius 2 is 1.81 bits per heavy atom. The molecule has 120 valence electrons. The van der Waals surface area contributed by atoms with Gasteiger partial charge >= 0.3 is 0 Å². The lowest BCUT2D eigenvalue weighted by atomic mass is 10.1. The fourth-order valence-electron chi connectivity index (χ4n) is 1.93. The molecule has 1 aromatic rings. The number of hydrogen-bond donors (Lipinski definition) is 2. The first-order valence-electron chi connectivity index (χ1n) is 7.23. The lowest BCUT2D eigenvalue weighted by molar-refractivity contribution is -0.121. The summed E-state index contributed by atoms with van der Waals surface area (Å²) < 4.78 is 5.60. The van der Waals surface area contributed by atoms with Gasteiger partial charge < -0.3 is 15.4 Å². The van der Waals surface area contributed by atoms with Crippen LogP contribution in [0.5, 0.6) is 5.75 Å². The molecule has 0 aliphatic rings. The second-order valence-corrected chi connectivity index (χ2v) is 5.23. The van der Waals surface area contributed by atoms with Gasteiger partial charge in [-0.3, -0.25) is 4.79 Å². The summed E-state index contributed by atoms with van der Waals surface area (Å²) >= 11 is 0. The maximum atomic E-state index is 11.8. The first-order valence-corrected chi connectivity index (χ1v) is 7.23. The minimum atomic E-state index is 0. The van der Waals surface area contributed by atoms with Crippen LogP contribution in [0.2, 0.25) is 0 Å². The summed E-state index contributed by atoms with van der Waals surface area (Å²) in [5.41, 5.74) is 1.09. The number of ether oxygens (including phenoxy) is 1. The highest BCUT2D eigenvalue weighted by Crippen LogP contribution is 2.18. The van der Waals surface area contributed by atoms with Crippen molar-refractivity contribution in [1.82, 2.24) is 10.6 Å². The average Bonchev–Trinajstić information content (AvgIpc) is 2.39. The Morgan fingerprint density at radius 3 is 2.33 bits per heavy atom. The largest absolute Gasteiger partial charge is 0.491 e. The van der Waals surface area contributed by atoms with E-state index in [-0.39, 0.29) is 30.5 Å². The molecule has 1 amide bonds. The summed E-state index contributed by atoms with van der Waals surface area (Å²) in [6.45, 7) is 6.86. The lowest BCUT2D eigenvalue weighted by Gasteiger charge is -2.15. The van der Waals surface area contributed by atoms with Crippen molar-refractivity contribution in [3.63, 3.8) is 0 Å². The van der Waals surface area contributed by atoms with Crippen molar-refractivity contribution in [3.8, 4) is 5.75 Å². The Morgan fingerprint density at radius 1 is 1.19 bits per heavy atom. The fraction of sp³-hybridized carbons (Fsp3) is 0.562. The van der Waals surface area contributed by atoms with Crippen LogP contribution >= 0.6 is 12.4 Å². The van der Waals surface area contributed by atoms with Gasteiger partial charge in [-0.15, -0.1) is 12.4 Å². The fourth-order valence-corrected chi connectivity index (χ4v) is 1.93. The quantitative estimate of drug-likeness (QED) is 0.725. The van der Waals surface area contributed by atoms with Crippen molar-refractivity contribution in [2.45, 2.75) is 45.8 Å². The third-order valence-corrected chi connectivity index (χ3v) is 2.96. The monoisotopic (exact) mass is 314 g/mol. The SMILES string of the molecule is CNCCCC(=O)NC(C)c1ccc(OC(C)C)cc1.Cl. The maximum Gasteiger partial charge on any atom is 0.220 e. The van der Waals surface area contributed by atoms with E-state index in [0.29, 0.717) is 6.42 Å². The van der Waals surface area contributed by atoms with E-state index >= 15 is 0 Å². The van der Waals surface area contributed by atoms with Crippen LogP contribution in [0.4, 0.5) is 0 Å². The number of halogens is 1. The van der Waals surface area contributed by atoms with Crippen molar-refractivity contribution in [2.24, 2.45) is 0 Å². The standard InChI is InChI=1S/C16H26N2O2.ClH/c1-12(2)20-15-9-7-14(8-10-15)13(3)18-16(19)6-5-11-17-4;/h7-10,12-13,17H,5-6,11H2,1-4H3,(H,18,19);1H. The first-order chi connectivity index (χ1) is 9.52. The molecule has 1 unspecified atom stereocenters. The van der Waals surface area contributed by atoms with E-state index in [1.165, 1.54) is 0 Å². The zero-order chi connectivity index (χ0) is 15.0. The number of carbonyl (C=O) groups excluding carboxylic acids is 1. The predicted octanol–water partition coefficient (Wildman–Crippen LogP) is 3.07. The highest BCUT2D eigenvalue weighted by atomic mass is 35.5. The summed E-state index contributed by atoms with van der Waals surface area (Å²) in [7, 11) is 1.89. The molecule has 0 bridgehead atoms. The molecule has 0 saturated carbocycles. The van der Waals surface area contributed by atoms with Gasteiger partial charge in [-0.2, -0.15) is 0 Å². The molecule has 0 spiro atoms. The molecular weight excluding hydrogens is 288 g/mol. The molecule has 0 saturated heterocycles. The van der Waals surface area contributed by atoms with E-state index in [4.69, 9.17) is 4.74 Å². The van der Waals surface area contributed by atoms with Crippen molar-refractivity contribution in [2.75, 3.05) is 13.6 Å².